The van der Waals surface area contributed by atoms with Crippen LogP contribution in [0.25, 0.3) is 0 Å². The van der Waals surface area contributed by atoms with Crippen molar-refractivity contribution in [3.63, 3.8) is 0 Å². The molecule has 0 saturated heterocycles. The Morgan fingerprint density at radius 2 is 1.95 bits per heavy atom. The standard InChI is InChI=1S/C17H24O5/c1-10-5-8-15(12(3)17(20)21)16(22-13(4)19)9-14(10)7-6-11(2)18/h9-10,15-16H,3,5-8H2,1-2,4H3,(H,20,21). The molecule has 0 aliphatic heterocycles. The Balaban J connectivity index is 3.06. The molecule has 3 unspecified atom stereocenters. The largest absolute Gasteiger partial charge is 0.478 e. The highest BCUT2D eigenvalue weighted by Crippen LogP contribution is 2.34. The second kappa shape index (κ2) is 7.92. The molecule has 0 heterocycles. The molecule has 22 heavy (non-hydrogen) atoms. The number of ether oxygens (including phenoxy) is 1. The zero-order valence-electron chi connectivity index (χ0n) is 13.4. The number of aliphatic carboxylic acids is 1. The number of carboxylic acids is 1. The second-order valence-corrected chi connectivity index (χ2v) is 5.93. The van der Waals surface area contributed by atoms with Crippen molar-refractivity contribution in [1.82, 2.24) is 0 Å². The van der Waals surface area contributed by atoms with Gasteiger partial charge in [0.2, 0.25) is 0 Å². The fraction of sp³-hybridized carbons (Fsp3) is 0.588. The summed E-state index contributed by atoms with van der Waals surface area (Å²) in [5.41, 5.74) is 1.10. The number of Topliss-reactive ketones (excluding diaryl/α,β-unsaturated/α-hetero) is 1. The third kappa shape index (κ3) is 5.13. The van der Waals surface area contributed by atoms with E-state index in [-0.39, 0.29) is 17.3 Å². The number of carbonyl (C=O) groups excluding carboxylic acids is 2. The maximum atomic E-state index is 11.3. The summed E-state index contributed by atoms with van der Waals surface area (Å²) in [5.74, 6) is -1.63. The molecule has 1 aliphatic rings. The van der Waals surface area contributed by atoms with Crippen molar-refractivity contribution in [1.29, 1.82) is 0 Å². The molecule has 0 aromatic heterocycles. The normalized spacial score (nSPS) is 24.9. The summed E-state index contributed by atoms with van der Waals surface area (Å²) in [4.78, 5) is 33.7. The van der Waals surface area contributed by atoms with Crippen LogP contribution in [0.4, 0.5) is 0 Å². The average molecular weight is 308 g/mol. The number of ketones is 1. The van der Waals surface area contributed by atoms with E-state index in [9.17, 15) is 19.5 Å². The van der Waals surface area contributed by atoms with E-state index in [1.54, 1.807) is 6.92 Å². The number of rotatable bonds is 6. The van der Waals surface area contributed by atoms with Crippen molar-refractivity contribution in [3.8, 4) is 0 Å². The molecule has 1 aliphatic carbocycles. The van der Waals surface area contributed by atoms with Crippen molar-refractivity contribution in [3.05, 3.63) is 23.8 Å². The minimum atomic E-state index is -1.07. The van der Waals surface area contributed by atoms with Crippen molar-refractivity contribution in [2.45, 2.75) is 52.6 Å². The van der Waals surface area contributed by atoms with Crippen LogP contribution in [0.3, 0.4) is 0 Å². The summed E-state index contributed by atoms with van der Waals surface area (Å²) >= 11 is 0. The molecule has 0 aromatic carbocycles. The predicted molar refractivity (Wildman–Crippen MR) is 82.2 cm³/mol. The number of carbonyl (C=O) groups is 3. The van der Waals surface area contributed by atoms with Gasteiger partial charge in [-0.3, -0.25) is 4.79 Å². The van der Waals surface area contributed by atoms with Crippen LogP contribution < -0.4 is 0 Å². The minimum absolute atomic E-state index is 0.0579. The number of hydrogen-bond acceptors (Lipinski definition) is 4. The maximum absolute atomic E-state index is 11.3. The lowest BCUT2D eigenvalue weighted by Crippen LogP contribution is -2.27. The number of carboxylic acid groups (broad SMARTS) is 1. The van der Waals surface area contributed by atoms with Gasteiger partial charge in [0, 0.05) is 24.8 Å². The van der Waals surface area contributed by atoms with E-state index >= 15 is 0 Å². The Labute approximate surface area is 131 Å². The van der Waals surface area contributed by atoms with E-state index in [0.717, 1.165) is 12.0 Å². The summed E-state index contributed by atoms with van der Waals surface area (Å²) < 4.78 is 5.32. The first-order chi connectivity index (χ1) is 10.2. The van der Waals surface area contributed by atoms with E-state index < -0.39 is 24.0 Å². The van der Waals surface area contributed by atoms with Crippen molar-refractivity contribution in [2.75, 3.05) is 0 Å². The maximum Gasteiger partial charge on any atom is 0.331 e. The lowest BCUT2D eigenvalue weighted by atomic mass is 9.89. The number of allylic oxidation sites excluding steroid dienone is 1. The first-order valence-electron chi connectivity index (χ1n) is 7.51. The fourth-order valence-corrected chi connectivity index (χ4v) is 2.76. The quantitative estimate of drug-likeness (QED) is 0.463. The third-order valence-corrected chi connectivity index (χ3v) is 4.11. The molecule has 0 saturated carbocycles. The second-order valence-electron chi connectivity index (χ2n) is 5.93. The molecule has 0 spiro atoms. The molecule has 122 valence electrons. The topological polar surface area (TPSA) is 80.7 Å². The van der Waals surface area contributed by atoms with E-state index in [1.165, 1.54) is 6.92 Å². The van der Waals surface area contributed by atoms with Gasteiger partial charge in [-0.15, -0.1) is 0 Å². The van der Waals surface area contributed by atoms with Crippen LogP contribution in [0.1, 0.15) is 46.5 Å². The highest BCUT2D eigenvalue weighted by Gasteiger charge is 2.32. The molecule has 0 aromatic rings. The molecular formula is C17H24O5. The Morgan fingerprint density at radius 1 is 1.32 bits per heavy atom. The number of esters is 1. The Kier molecular flexibility index (Phi) is 6.53. The predicted octanol–water partition coefficient (Wildman–Crippen LogP) is 2.90. The minimum Gasteiger partial charge on any atom is -0.478 e. The first kappa shape index (κ1) is 18.1. The molecule has 0 bridgehead atoms. The smallest absolute Gasteiger partial charge is 0.331 e. The van der Waals surface area contributed by atoms with Gasteiger partial charge in [-0.2, -0.15) is 0 Å². The molecule has 5 heteroatoms. The van der Waals surface area contributed by atoms with E-state index in [0.29, 0.717) is 19.3 Å². The molecular weight excluding hydrogens is 284 g/mol. The van der Waals surface area contributed by atoms with E-state index in [4.69, 9.17) is 4.74 Å². The summed E-state index contributed by atoms with van der Waals surface area (Å²) in [6.45, 7) is 8.52. The highest BCUT2D eigenvalue weighted by atomic mass is 16.5. The molecule has 1 rings (SSSR count). The van der Waals surface area contributed by atoms with Gasteiger partial charge >= 0.3 is 11.9 Å². The van der Waals surface area contributed by atoms with Gasteiger partial charge in [0.1, 0.15) is 11.9 Å². The Morgan fingerprint density at radius 3 is 2.45 bits per heavy atom. The lowest BCUT2D eigenvalue weighted by Gasteiger charge is -2.23. The number of hydrogen-bond donors (Lipinski definition) is 1. The van der Waals surface area contributed by atoms with Crippen molar-refractivity contribution >= 4 is 17.7 Å². The van der Waals surface area contributed by atoms with Crippen LogP contribution in [0.5, 0.6) is 0 Å². The molecule has 3 atom stereocenters. The van der Waals surface area contributed by atoms with Gasteiger partial charge in [-0.25, -0.2) is 4.79 Å². The van der Waals surface area contributed by atoms with E-state index in [2.05, 4.69) is 6.58 Å². The summed E-state index contributed by atoms with van der Waals surface area (Å²) in [5, 5.41) is 9.18. The fourth-order valence-electron chi connectivity index (χ4n) is 2.76. The summed E-state index contributed by atoms with van der Waals surface area (Å²) in [6, 6.07) is 0. The first-order valence-corrected chi connectivity index (χ1v) is 7.51. The highest BCUT2D eigenvalue weighted by molar-refractivity contribution is 5.86. The van der Waals surface area contributed by atoms with Gasteiger partial charge in [0.05, 0.1) is 0 Å². The van der Waals surface area contributed by atoms with Gasteiger partial charge in [0.15, 0.2) is 0 Å². The van der Waals surface area contributed by atoms with Crippen LogP contribution in [0.2, 0.25) is 0 Å². The zero-order valence-corrected chi connectivity index (χ0v) is 13.4. The van der Waals surface area contributed by atoms with Crippen LogP contribution in [-0.4, -0.2) is 28.9 Å². The Bertz CT molecular complexity index is 503. The van der Waals surface area contributed by atoms with Crippen LogP contribution >= 0.6 is 0 Å². The average Bonchev–Trinajstić information content (AvgIpc) is 2.55. The molecule has 1 N–H and O–H groups in total. The SMILES string of the molecule is C=C(C(=O)O)C1CCC(C)C(CCC(C)=O)=CC1OC(C)=O. The van der Waals surface area contributed by atoms with Crippen LogP contribution in [0, 0.1) is 11.8 Å². The summed E-state index contributed by atoms with van der Waals surface area (Å²) in [7, 11) is 0. The molecule has 5 nitrogen and oxygen atoms in total. The van der Waals surface area contributed by atoms with Gasteiger partial charge in [-0.05, 0) is 38.2 Å². The van der Waals surface area contributed by atoms with Crippen LogP contribution in [-0.2, 0) is 19.1 Å². The van der Waals surface area contributed by atoms with Gasteiger partial charge in [0.25, 0.3) is 0 Å². The van der Waals surface area contributed by atoms with Gasteiger partial charge in [-0.1, -0.05) is 19.1 Å². The monoisotopic (exact) mass is 308 g/mol. The molecule has 0 fully saturated rings. The molecule has 0 radical (unpaired) electrons. The van der Waals surface area contributed by atoms with E-state index in [1.807, 2.05) is 13.0 Å². The lowest BCUT2D eigenvalue weighted by molar-refractivity contribution is -0.147. The van der Waals surface area contributed by atoms with Crippen molar-refractivity contribution in [2.24, 2.45) is 11.8 Å². The zero-order chi connectivity index (χ0) is 16.9. The summed E-state index contributed by atoms with van der Waals surface area (Å²) in [6.07, 6.45) is 3.60. The third-order valence-electron chi connectivity index (χ3n) is 4.11. The van der Waals surface area contributed by atoms with Gasteiger partial charge < -0.3 is 14.6 Å². The Hall–Kier alpha value is -1.91. The van der Waals surface area contributed by atoms with Crippen molar-refractivity contribution < 1.29 is 24.2 Å². The molecule has 0 amide bonds. The van der Waals surface area contributed by atoms with Crippen LogP contribution in [0.15, 0.2) is 23.8 Å².